The standard InChI is InChI=1S/C32H34FNO4S/c1-3-5-20-37-26-16-17-27(29(22-26)38-21-6-4-2)31-30(19-18-28(35)23-12-14-24(33)15-13-23)39-32(36)34(31)25-10-8-7-9-11-25/h7-19,22,30-31H,3-6,20-21H2,1-2H3/b19-18+/t30-,31-/m1/s1. The van der Waals surface area contributed by atoms with Crippen LogP contribution in [0.15, 0.2) is 84.9 Å². The number of halogens is 1. The number of carbonyl (C=O) groups excluding carboxylic acids is 2. The lowest BCUT2D eigenvalue weighted by Crippen LogP contribution is -2.29. The van der Waals surface area contributed by atoms with Gasteiger partial charge >= 0.3 is 0 Å². The van der Waals surface area contributed by atoms with Crippen LogP contribution in [0.1, 0.15) is 61.5 Å². The Morgan fingerprint density at radius 2 is 1.64 bits per heavy atom. The van der Waals surface area contributed by atoms with Crippen LogP contribution in [-0.2, 0) is 0 Å². The maximum Gasteiger partial charge on any atom is 0.287 e. The Labute approximate surface area is 234 Å². The van der Waals surface area contributed by atoms with Gasteiger partial charge in [0.1, 0.15) is 17.3 Å². The summed E-state index contributed by atoms with van der Waals surface area (Å²) in [6.07, 6.45) is 7.13. The number of rotatable bonds is 13. The number of nitrogens with zero attached hydrogens (tertiary/aromatic N) is 1. The summed E-state index contributed by atoms with van der Waals surface area (Å²) in [5.41, 5.74) is 2.00. The van der Waals surface area contributed by atoms with Crippen LogP contribution in [0, 0.1) is 5.82 Å². The fraction of sp³-hybridized carbons (Fsp3) is 0.312. The van der Waals surface area contributed by atoms with E-state index in [9.17, 15) is 14.0 Å². The number of hydrogen-bond acceptors (Lipinski definition) is 5. The maximum absolute atomic E-state index is 13.4. The van der Waals surface area contributed by atoms with Gasteiger partial charge in [0, 0.05) is 22.9 Å². The molecule has 0 saturated carbocycles. The molecule has 0 spiro atoms. The predicted octanol–water partition coefficient (Wildman–Crippen LogP) is 8.41. The van der Waals surface area contributed by atoms with Gasteiger partial charge in [-0.05, 0) is 67.4 Å². The summed E-state index contributed by atoms with van der Waals surface area (Å²) in [5.74, 6) is 0.741. The molecule has 39 heavy (non-hydrogen) atoms. The van der Waals surface area contributed by atoms with Crippen molar-refractivity contribution >= 4 is 28.5 Å². The van der Waals surface area contributed by atoms with Crippen molar-refractivity contribution in [1.29, 1.82) is 0 Å². The first kappa shape index (κ1) is 28.4. The topological polar surface area (TPSA) is 55.8 Å². The number of amides is 1. The second-order valence-corrected chi connectivity index (χ2v) is 10.5. The molecule has 1 fully saturated rings. The first-order chi connectivity index (χ1) is 19.0. The number of ketones is 1. The third-order valence-corrected chi connectivity index (χ3v) is 7.53. The molecule has 7 heteroatoms. The van der Waals surface area contributed by atoms with Crippen molar-refractivity contribution < 1.29 is 23.5 Å². The fourth-order valence-electron chi connectivity index (χ4n) is 4.34. The summed E-state index contributed by atoms with van der Waals surface area (Å²) in [5, 5.41) is -0.472. The van der Waals surface area contributed by atoms with Gasteiger partial charge in [-0.3, -0.25) is 14.5 Å². The van der Waals surface area contributed by atoms with Crippen molar-refractivity contribution in [2.75, 3.05) is 18.1 Å². The first-order valence-electron chi connectivity index (χ1n) is 13.4. The van der Waals surface area contributed by atoms with Gasteiger partial charge in [0.15, 0.2) is 5.78 Å². The molecule has 1 aliphatic heterocycles. The predicted molar refractivity (Wildman–Crippen MR) is 156 cm³/mol. The summed E-state index contributed by atoms with van der Waals surface area (Å²) in [6, 6.07) is 20.3. The van der Waals surface area contributed by atoms with Crippen LogP contribution in [0.2, 0.25) is 0 Å². The molecule has 1 heterocycles. The molecule has 5 nitrogen and oxygen atoms in total. The molecule has 1 amide bonds. The van der Waals surface area contributed by atoms with Crippen LogP contribution in [-0.4, -0.2) is 29.5 Å². The molecule has 3 aromatic rings. The average molecular weight is 548 g/mol. The zero-order valence-corrected chi connectivity index (χ0v) is 23.2. The van der Waals surface area contributed by atoms with E-state index in [-0.39, 0.29) is 16.3 Å². The Morgan fingerprint density at radius 3 is 2.33 bits per heavy atom. The van der Waals surface area contributed by atoms with Crippen LogP contribution in [0.3, 0.4) is 0 Å². The third-order valence-electron chi connectivity index (χ3n) is 6.45. The van der Waals surface area contributed by atoms with Crippen molar-refractivity contribution in [1.82, 2.24) is 0 Å². The van der Waals surface area contributed by atoms with Gasteiger partial charge in [0.05, 0.1) is 24.5 Å². The molecule has 0 aliphatic carbocycles. The average Bonchev–Trinajstić information content (AvgIpc) is 3.28. The Kier molecular flexibility index (Phi) is 10.2. The fourth-order valence-corrected chi connectivity index (χ4v) is 5.46. The number of unbranched alkanes of at least 4 members (excludes halogenated alkanes) is 2. The number of ether oxygens (including phenoxy) is 2. The van der Waals surface area contributed by atoms with Crippen molar-refractivity contribution in [3.05, 3.63) is 102 Å². The minimum absolute atomic E-state index is 0.113. The van der Waals surface area contributed by atoms with Gasteiger partial charge in [0.2, 0.25) is 0 Å². The molecule has 2 atom stereocenters. The van der Waals surface area contributed by atoms with E-state index >= 15 is 0 Å². The summed E-state index contributed by atoms with van der Waals surface area (Å²) in [4.78, 5) is 28.0. The highest BCUT2D eigenvalue weighted by molar-refractivity contribution is 8.15. The van der Waals surface area contributed by atoms with E-state index in [1.807, 2.05) is 48.5 Å². The number of allylic oxidation sites excluding steroid dienone is 1. The lowest BCUT2D eigenvalue weighted by atomic mass is 9.98. The lowest BCUT2D eigenvalue weighted by molar-refractivity contribution is 0.104. The van der Waals surface area contributed by atoms with E-state index < -0.39 is 11.9 Å². The number of benzene rings is 3. The molecule has 1 saturated heterocycles. The van der Waals surface area contributed by atoms with E-state index in [4.69, 9.17) is 9.47 Å². The van der Waals surface area contributed by atoms with Crippen molar-refractivity contribution in [2.24, 2.45) is 0 Å². The highest BCUT2D eigenvalue weighted by Crippen LogP contribution is 2.48. The molecular weight excluding hydrogens is 513 g/mol. The highest BCUT2D eigenvalue weighted by atomic mass is 32.2. The Morgan fingerprint density at radius 1 is 0.949 bits per heavy atom. The monoisotopic (exact) mass is 547 g/mol. The smallest absolute Gasteiger partial charge is 0.287 e. The normalized spacial score (nSPS) is 17.1. The van der Waals surface area contributed by atoms with Gasteiger partial charge in [-0.2, -0.15) is 0 Å². The van der Waals surface area contributed by atoms with Crippen LogP contribution < -0.4 is 14.4 Å². The SMILES string of the molecule is CCCCOc1ccc([C@@H]2[C@@H](/C=C/C(=O)c3ccc(F)cc3)SC(=O)N2c2ccccc2)c(OCCCC)c1. The third kappa shape index (κ3) is 7.30. The minimum Gasteiger partial charge on any atom is -0.493 e. The second kappa shape index (κ2) is 14.0. The van der Waals surface area contributed by atoms with E-state index in [0.29, 0.717) is 24.5 Å². The zero-order valence-electron chi connectivity index (χ0n) is 22.3. The van der Waals surface area contributed by atoms with Crippen LogP contribution in [0.5, 0.6) is 11.5 Å². The highest BCUT2D eigenvalue weighted by Gasteiger charge is 2.42. The summed E-state index contributed by atoms with van der Waals surface area (Å²) in [7, 11) is 0. The molecule has 204 valence electrons. The summed E-state index contributed by atoms with van der Waals surface area (Å²) >= 11 is 1.17. The second-order valence-electron chi connectivity index (χ2n) is 9.33. The number of hydrogen-bond donors (Lipinski definition) is 0. The zero-order chi connectivity index (χ0) is 27.6. The van der Waals surface area contributed by atoms with E-state index in [1.54, 1.807) is 11.0 Å². The first-order valence-corrected chi connectivity index (χ1v) is 14.3. The molecule has 4 rings (SSSR count). The van der Waals surface area contributed by atoms with Gasteiger partial charge in [-0.15, -0.1) is 0 Å². The van der Waals surface area contributed by atoms with Crippen molar-refractivity contribution in [3.63, 3.8) is 0 Å². The Balaban J connectivity index is 1.71. The van der Waals surface area contributed by atoms with Crippen LogP contribution in [0.4, 0.5) is 14.9 Å². The van der Waals surface area contributed by atoms with Gasteiger partial charge < -0.3 is 9.47 Å². The molecule has 0 radical (unpaired) electrons. The van der Waals surface area contributed by atoms with E-state index in [0.717, 1.165) is 42.7 Å². The van der Waals surface area contributed by atoms with Gasteiger partial charge in [0.25, 0.3) is 5.24 Å². The van der Waals surface area contributed by atoms with Gasteiger partial charge in [-0.25, -0.2) is 4.39 Å². The van der Waals surface area contributed by atoms with E-state index in [2.05, 4.69) is 13.8 Å². The minimum atomic E-state index is -0.413. The largest absolute Gasteiger partial charge is 0.493 e. The molecule has 0 unspecified atom stereocenters. The Hall–Kier alpha value is -3.58. The van der Waals surface area contributed by atoms with Crippen LogP contribution >= 0.6 is 11.8 Å². The number of thioether (sulfide) groups is 1. The Bertz CT molecular complexity index is 1280. The number of anilines is 1. The molecular formula is C32H34FNO4S. The van der Waals surface area contributed by atoms with Gasteiger partial charge in [-0.1, -0.05) is 62.7 Å². The number of para-hydroxylation sites is 1. The molecule has 0 bridgehead atoms. The summed E-state index contributed by atoms with van der Waals surface area (Å²) in [6.45, 7) is 5.39. The van der Waals surface area contributed by atoms with Crippen molar-refractivity contribution in [2.45, 2.75) is 50.8 Å². The summed E-state index contributed by atoms with van der Waals surface area (Å²) < 4.78 is 25.5. The molecule has 1 aliphatic rings. The number of carbonyl (C=O) groups is 2. The van der Waals surface area contributed by atoms with E-state index in [1.165, 1.54) is 42.1 Å². The molecule has 3 aromatic carbocycles. The molecule has 0 aromatic heterocycles. The van der Waals surface area contributed by atoms with Crippen molar-refractivity contribution in [3.8, 4) is 11.5 Å². The lowest BCUT2D eigenvalue weighted by Gasteiger charge is -2.28. The van der Waals surface area contributed by atoms with Crippen LogP contribution in [0.25, 0.3) is 0 Å². The maximum atomic E-state index is 13.4. The quantitative estimate of drug-likeness (QED) is 0.122. The molecule has 0 N–H and O–H groups in total.